The van der Waals surface area contributed by atoms with Gasteiger partial charge in [0.05, 0.1) is 0 Å². The van der Waals surface area contributed by atoms with E-state index < -0.39 is 5.67 Å². The van der Waals surface area contributed by atoms with Gasteiger partial charge in [-0.3, -0.25) is 4.90 Å². The lowest BCUT2D eigenvalue weighted by molar-refractivity contribution is 0.190. The molecule has 1 aliphatic rings. The van der Waals surface area contributed by atoms with E-state index in [4.69, 9.17) is 0 Å². The highest BCUT2D eigenvalue weighted by Crippen LogP contribution is 2.24. The standard InChI is InChI=1S/C9H16FN/c1-3-4-6-11-7-5-9(2,10)8-11/h3H,1,4-8H2,2H3. The Hall–Kier alpha value is -0.370. The van der Waals surface area contributed by atoms with Crippen LogP contribution in [0.4, 0.5) is 4.39 Å². The highest BCUT2D eigenvalue weighted by atomic mass is 19.1. The molecule has 0 bridgehead atoms. The van der Waals surface area contributed by atoms with Crippen molar-refractivity contribution >= 4 is 0 Å². The minimum absolute atomic E-state index is 0.598. The number of likely N-dealkylation sites (tertiary alicyclic amines) is 1. The number of nitrogens with zero attached hydrogens (tertiary/aromatic N) is 1. The Morgan fingerprint density at radius 1 is 1.73 bits per heavy atom. The molecular weight excluding hydrogens is 141 g/mol. The molecule has 1 aliphatic heterocycles. The van der Waals surface area contributed by atoms with Gasteiger partial charge >= 0.3 is 0 Å². The second kappa shape index (κ2) is 3.35. The van der Waals surface area contributed by atoms with Crippen LogP contribution in [0.25, 0.3) is 0 Å². The molecule has 0 N–H and O–H groups in total. The monoisotopic (exact) mass is 157 g/mol. The third-order valence-electron chi connectivity index (χ3n) is 2.15. The van der Waals surface area contributed by atoms with Crippen molar-refractivity contribution in [2.75, 3.05) is 19.6 Å². The predicted molar refractivity (Wildman–Crippen MR) is 45.4 cm³/mol. The number of alkyl halides is 1. The summed E-state index contributed by atoms with van der Waals surface area (Å²) in [5, 5.41) is 0. The SMILES string of the molecule is C=CCCN1CCC(C)(F)C1. The average Bonchev–Trinajstić information content (AvgIpc) is 2.26. The smallest absolute Gasteiger partial charge is 0.122 e. The van der Waals surface area contributed by atoms with Gasteiger partial charge < -0.3 is 0 Å². The minimum Gasteiger partial charge on any atom is -0.300 e. The van der Waals surface area contributed by atoms with E-state index in [1.54, 1.807) is 6.92 Å². The van der Waals surface area contributed by atoms with Crippen LogP contribution in [0, 0.1) is 0 Å². The summed E-state index contributed by atoms with van der Waals surface area (Å²) >= 11 is 0. The fourth-order valence-corrected chi connectivity index (χ4v) is 1.48. The number of rotatable bonds is 3. The molecule has 11 heavy (non-hydrogen) atoms. The molecule has 1 rings (SSSR count). The summed E-state index contributed by atoms with van der Waals surface area (Å²) < 4.78 is 13.2. The molecular formula is C9H16FN. The summed E-state index contributed by atoms with van der Waals surface area (Å²) in [5.41, 5.74) is -0.943. The molecule has 0 aromatic heterocycles. The molecule has 1 atom stereocenters. The molecule has 0 aromatic carbocycles. The quantitative estimate of drug-likeness (QED) is 0.566. The molecule has 2 heteroatoms. The van der Waals surface area contributed by atoms with Crippen LogP contribution < -0.4 is 0 Å². The van der Waals surface area contributed by atoms with Gasteiger partial charge in [-0.1, -0.05) is 6.08 Å². The van der Waals surface area contributed by atoms with E-state index in [9.17, 15) is 4.39 Å². The van der Waals surface area contributed by atoms with E-state index in [2.05, 4.69) is 11.5 Å². The molecule has 0 spiro atoms. The molecule has 0 aliphatic carbocycles. The first kappa shape index (κ1) is 8.72. The summed E-state index contributed by atoms with van der Waals surface area (Å²) in [6.45, 7) is 7.78. The summed E-state index contributed by atoms with van der Waals surface area (Å²) in [6.07, 6.45) is 3.54. The summed E-state index contributed by atoms with van der Waals surface area (Å²) in [7, 11) is 0. The van der Waals surface area contributed by atoms with Crippen LogP contribution in [0.5, 0.6) is 0 Å². The molecule has 0 saturated carbocycles. The molecule has 0 radical (unpaired) electrons. The third kappa shape index (κ3) is 2.62. The molecule has 0 amide bonds. The van der Waals surface area contributed by atoms with Crippen LogP contribution in [0.1, 0.15) is 19.8 Å². The van der Waals surface area contributed by atoms with Gasteiger partial charge in [-0.25, -0.2) is 4.39 Å². The van der Waals surface area contributed by atoms with Gasteiger partial charge in [-0.15, -0.1) is 6.58 Å². The second-order valence-electron chi connectivity index (χ2n) is 3.52. The maximum absolute atomic E-state index is 13.2. The lowest BCUT2D eigenvalue weighted by Crippen LogP contribution is -2.26. The largest absolute Gasteiger partial charge is 0.300 e. The molecule has 1 nitrogen and oxygen atoms in total. The van der Waals surface area contributed by atoms with Gasteiger partial charge in [0.25, 0.3) is 0 Å². The fourth-order valence-electron chi connectivity index (χ4n) is 1.48. The Morgan fingerprint density at radius 2 is 2.45 bits per heavy atom. The Balaban J connectivity index is 2.24. The molecule has 0 aromatic rings. The molecule has 64 valence electrons. The van der Waals surface area contributed by atoms with Crippen molar-refractivity contribution in [3.8, 4) is 0 Å². The van der Waals surface area contributed by atoms with Gasteiger partial charge in [0, 0.05) is 19.6 Å². The van der Waals surface area contributed by atoms with E-state index >= 15 is 0 Å². The summed E-state index contributed by atoms with van der Waals surface area (Å²) in [4.78, 5) is 2.15. The van der Waals surface area contributed by atoms with E-state index in [-0.39, 0.29) is 0 Å². The maximum atomic E-state index is 13.2. The van der Waals surface area contributed by atoms with Gasteiger partial charge in [-0.2, -0.15) is 0 Å². The zero-order valence-electron chi connectivity index (χ0n) is 7.15. The number of halogens is 1. The summed E-state index contributed by atoms with van der Waals surface area (Å²) in [6, 6.07) is 0. The van der Waals surface area contributed by atoms with E-state index in [0.717, 1.165) is 19.5 Å². The van der Waals surface area contributed by atoms with Crippen LogP contribution in [-0.2, 0) is 0 Å². The molecule has 1 fully saturated rings. The lowest BCUT2D eigenvalue weighted by atomic mass is 10.1. The van der Waals surface area contributed by atoms with Crippen molar-refractivity contribution in [2.24, 2.45) is 0 Å². The van der Waals surface area contributed by atoms with E-state index in [1.165, 1.54) is 0 Å². The minimum atomic E-state index is -0.943. The molecule has 1 heterocycles. The van der Waals surface area contributed by atoms with Crippen LogP contribution in [0.2, 0.25) is 0 Å². The van der Waals surface area contributed by atoms with Crippen molar-refractivity contribution in [1.82, 2.24) is 4.90 Å². The Labute approximate surface area is 67.9 Å². The van der Waals surface area contributed by atoms with Crippen molar-refractivity contribution in [3.05, 3.63) is 12.7 Å². The van der Waals surface area contributed by atoms with Gasteiger partial charge in [-0.05, 0) is 19.8 Å². The number of hydrogen-bond donors (Lipinski definition) is 0. The lowest BCUT2D eigenvalue weighted by Gasteiger charge is -2.15. The van der Waals surface area contributed by atoms with Crippen LogP contribution in [0.3, 0.4) is 0 Å². The molecule has 1 saturated heterocycles. The zero-order valence-corrected chi connectivity index (χ0v) is 7.15. The van der Waals surface area contributed by atoms with Crippen molar-refractivity contribution in [2.45, 2.75) is 25.4 Å². The Bertz CT molecular complexity index is 142. The first-order valence-electron chi connectivity index (χ1n) is 4.16. The van der Waals surface area contributed by atoms with E-state index in [0.29, 0.717) is 13.0 Å². The molecule has 1 unspecified atom stereocenters. The van der Waals surface area contributed by atoms with Gasteiger partial charge in [0.15, 0.2) is 0 Å². The van der Waals surface area contributed by atoms with Crippen LogP contribution in [-0.4, -0.2) is 30.2 Å². The maximum Gasteiger partial charge on any atom is 0.122 e. The average molecular weight is 157 g/mol. The first-order chi connectivity index (χ1) is 5.14. The predicted octanol–water partition coefficient (Wildman–Crippen LogP) is 2.00. The topological polar surface area (TPSA) is 3.24 Å². The van der Waals surface area contributed by atoms with Gasteiger partial charge in [0.1, 0.15) is 5.67 Å². The van der Waals surface area contributed by atoms with Crippen LogP contribution >= 0.6 is 0 Å². The normalized spacial score (nSPS) is 32.5. The van der Waals surface area contributed by atoms with Gasteiger partial charge in [0.2, 0.25) is 0 Å². The number of hydrogen-bond acceptors (Lipinski definition) is 1. The Morgan fingerprint density at radius 3 is 2.91 bits per heavy atom. The van der Waals surface area contributed by atoms with Crippen molar-refractivity contribution in [1.29, 1.82) is 0 Å². The van der Waals surface area contributed by atoms with Crippen LogP contribution in [0.15, 0.2) is 12.7 Å². The Kier molecular flexibility index (Phi) is 2.66. The first-order valence-corrected chi connectivity index (χ1v) is 4.16. The highest BCUT2D eigenvalue weighted by Gasteiger charge is 2.32. The van der Waals surface area contributed by atoms with Crippen molar-refractivity contribution < 1.29 is 4.39 Å². The summed E-state index contributed by atoms with van der Waals surface area (Å²) in [5.74, 6) is 0. The van der Waals surface area contributed by atoms with Crippen molar-refractivity contribution in [3.63, 3.8) is 0 Å². The van der Waals surface area contributed by atoms with E-state index in [1.807, 2.05) is 6.08 Å². The second-order valence-corrected chi connectivity index (χ2v) is 3.52. The highest BCUT2D eigenvalue weighted by molar-refractivity contribution is 4.87. The fraction of sp³-hybridized carbons (Fsp3) is 0.778. The zero-order chi connectivity index (χ0) is 8.32. The third-order valence-corrected chi connectivity index (χ3v) is 2.15.